The summed E-state index contributed by atoms with van der Waals surface area (Å²) >= 11 is 6.27. The molecular formula is C20H15FN2O5S2. The number of phenols is 1. The summed E-state index contributed by atoms with van der Waals surface area (Å²) in [7, 11) is 0. The van der Waals surface area contributed by atoms with Crippen LogP contribution in [-0.4, -0.2) is 43.3 Å². The number of hydrogen-bond donors (Lipinski definition) is 3. The summed E-state index contributed by atoms with van der Waals surface area (Å²) in [4.78, 5) is 37.8. The van der Waals surface area contributed by atoms with E-state index in [0.717, 1.165) is 28.8 Å². The third-order valence-corrected chi connectivity index (χ3v) is 5.58. The third-order valence-electron chi connectivity index (χ3n) is 4.25. The van der Waals surface area contributed by atoms with Crippen molar-refractivity contribution in [2.24, 2.45) is 0 Å². The molecule has 1 heterocycles. The molecule has 0 saturated carbocycles. The predicted octanol–water partition coefficient (Wildman–Crippen LogP) is 3.46. The van der Waals surface area contributed by atoms with Crippen LogP contribution in [0.1, 0.15) is 22.8 Å². The van der Waals surface area contributed by atoms with E-state index >= 15 is 0 Å². The molecule has 0 radical (unpaired) electrons. The quantitative estimate of drug-likeness (QED) is 0.477. The maximum absolute atomic E-state index is 13.1. The van der Waals surface area contributed by atoms with Crippen LogP contribution in [0.5, 0.6) is 5.75 Å². The van der Waals surface area contributed by atoms with Gasteiger partial charge in [-0.25, -0.2) is 9.18 Å². The van der Waals surface area contributed by atoms with E-state index in [2.05, 4.69) is 5.32 Å². The van der Waals surface area contributed by atoms with Crippen LogP contribution in [-0.2, 0) is 9.59 Å². The first-order valence-electron chi connectivity index (χ1n) is 8.57. The number of carboxylic acid groups (broad SMARTS) is 1. The zero-order valence-corrected chi connectivity index (χ0v) is 17.1. The van der Waals surface area contributed by atoms with E-state index in [0.29, 0.717) is 10.5 Å². The highest BCUT2D eigenvalue weighted by Crippen LogP contribution is 2.34. The second kappa shape index (κ2) is 8.64. The number of carbonyl (C=O) groups excluding carboxylic acids is 2. The van der Waals surface area contributed by atoms with Crippen LogP contribution in [0.15, 0.2) is 47.4 Å². The zero-order valence-electron chi connectivity index (χ0n) is 15.5. The van der Waals surface area contributed by atoms with Crippen molar-refractivity contribution >= 4 is 57.8 Å². The van der Waals surface area contributed by atoms with Crippen LogP contribution in [0.4, 0.5) is 10.1 Å². The Morgan fingerprint density at radius 3 is 2.50 bits per heavy atom. The Bertz CT molecular complexity index is 1090. The Morgan fingerprint density at radius 1 is 1.23 bits per heavy atom. The molecule has 0 aliphatic carbocycles. The lowest BCUT2D eigenvalue weighted by Crippen LogP contribution is -2.44. The monoisotopic (exact) mass is 446 g/mol. The van der Waals surface area contributed by atoms with Crippen LogP contribution < -0.4 is 5.32 Å². The first kappa shape index (κ1) is 21.5. The second-order valence-electron chi connectivity index (χ2n) is 6.31. The smallest absolute Gasteiger partial charge is 0.339 e. The summed E-state index contributed by atoms with van der Waals surface area (Å²) in [6.45, 7) is 1.49. The normalized spacial score (nSPS) is 16.1. The fourth-order valence-electron chi connectivity index (χ4n) is 2.68. The number of nitrogens with one attached hydrogen (secondary N) is 1. The molecule has 1 aliphatic heterocycles. The lowest BCUT2D eigenvalue weighted by atomic mass is 10.1. The van der Waals surface area contributed by atoms with Gasteiger partial charge in [-0.05, 0) is 42.8 Å². The molecule has 10 heteroatoms. The molecule has 0 unspecified atom stereocenters. The standard InChI is InChI=1S/C20H15FN2O5S2/c1-10(17(25)22-13-6-7-14(19(27)28)15(24)9-13)23-18(26)16(30-20(23)29)8-11-2-4-12(21)5-3-11/h2-10,24H,1H3,(H,22,25)(H,27,28)/b16-8+/t10-/m1/s1. The van der Waals surface area contributed by atoms with Crippen molar-refractivity contribution in [2.75, 3.05) is 5.32 Å². The summed E-state index contributed by atoms with van der Waals surface area (Å²) in [5.74, 6) is -3.23. The topological polar surface area (TPSA) is 107 Å². The van der Waals surface area contributed by atoms with Gasteiger partial charge in [0.15, 0.2) is 0 Å². The molecule has 7 nitrogen and oxygen atoms in total. The molecule has 1 saturated heterocycles. The van der Waals surface area contributed by atoms with Crippen molar-refractivity contribution in [3.05, 3.63) is 64.3 Å². The number of nitrogens with zero attached hydrogens (tertiary/aromatic N) is 1. The van der Waals surface area contributed by atoms with Gasteiger partial charge in [0.2, 0.25) is 5.91 Å². The summed E-state index contributed by atoms with van der Waals surface area (Å²) in [5.41, 5.74) is 0.480. The lowest BCUT2D eigenvalue weighted by Gasteiger charge is -2.22. The first-order valence-corrected chi connectivity index (χ1v) is 9.79. The van der Waals surface area contributed by atoms with E-state index in [1.807, 2.05) is 0 Å². The van der Waals surface area contributed by atoms with E-state index in [4.69, 9.17) is 17.3 Å². The highest BCUT2D eigenvalue weighted by molar-refractivity contribution is 8.26. The minimum absolute atomic E-state index is 0.168. The second-order valence-corrected chi connectivity index (χ2v) is 7.98. The number of carbonyl (C=O) groups is 3. The summed E-state index contributed by atoms with van der Waals surface area (Å²) in [5, 5.41) is 21.2. The summed E-state index contributed by atoms with van der Waals surface area (Å²) < 4.78 is 13.2. The predicted molar refractivity (Wildman–Crippen MR) is 115 cm³/mol. The molecule has 0 aromatic heterocycles. The average Bonchev–Trinajstić information content (AvgIpc) is 2.96. The number of rotatable bonds is 5. The maximum Gasteiger partial charge on any atom is 0.339 e. The number of halogens is 1. The van der Waals surface area contributed by atoms with E-state index in [1.54, 1.807) is 6.08 Å². The molecule has 1 atom stereocenters. The van der Waals surface area contributed by atoms with Gasteiger partial charge in [-0.15, -0.1) is 0 Å². The van der Waals surface area contributed by atoms with Crippen LogP contribution in [0.25, 0.3) is 6.08 Å². The molecule has 154 valence electrons. The number of thiocarbonyl (C=S) groups is 1. The summed E-state index contributed by atoms with van der Waals surface area (Å²) in [6, 6.07) is 8.21. The molecular weight excluding hydrogens is 431 g/mol. The fourth-order valence-corrected chi connectivity index (χ4v) is 4.10. The van der Waals surface area contributed by atoms with Crippen molar-refractivity contribution < 1.29 is 29.0 Å². The molecule has 0 spiro atoms. The Kier molecular flexibility index (Phi) is 6.18. The number of carboxylic acids is 1. The highest BCUT2D eigenvalue weighted by Gasteiger charge is 2.38. The van der Waals surface area contributed by atoms with E-state index in [9.17, 15) is 23.9 Å². The van der Waals surface area contributed by atoms with E-state index in [1.165, 1.54) is 37.3 Å². The fraction of sp³-hybridized carbons (Fsp3) is 0.100. The number of aromatic carboxylic acids is 1. The molecule has 2 aromatic carbocycles. The minimum Gasteiger partial charge on any atom is -0.507 e. The van der Waals surface area contributed by atoms with Crippen molar-refractivity contribution in [1.82, 2.24) is 4.90 Å². The van der Waals surface area contributed by atoms with Crippen LogP contribution in [0.3, 0.4) is 0 Å². The van der Waals surface area contributed by atoms with E-state index < -0.39 is 35.4 Å². The van der Waals surface area contributed by atoms with Gasteiger partial charge in [0.25, 0.3) is 5.91 Å². The van der Waals surface area contributed by atoms with E-state index in [-0.39, 0.29) is 15.6 Å². The summed E-state index contributed by atoms with van der Waals surface area (Å²) in [6.07, 6.45) is 1.56. The van der Waals surface area contributed by atoms with Gasteiger partial charge >= 0.3 is 5.97 Å². The molecule has 30 heavy (non-hydrogen) atoms. The number of anilines is 1. The molecule has 1 fully saturated rings. The van der Waals surface area contributed by atoms with Gasteiger partial charge in [0, 0.05) is 11.8 Å². The van der Waals surface area contributed by atoms with Crippen molar-refractivity contribution in [3.8, 4) is 5.75 Å². The lowest BCUT2D eigenvalue weighted by molar-refractivity contribution is -0.129. The Morgan fingerprint density at radius 2 is 1.90 bits per heavy atom. The Hall–Kier alpha value is -3.24. The zero-order chi connectivity index (χ0) is 22.0. The van der Waals surface area contributed by atoms with Gasteiger partial charge in [0.1, 0.15) is 27.5 Å². The number of aromatic hydroxyl groups is 1. The SMILES string of the molecule is C[C@H](C(=O)Nc1ccc(C(=O)O)c(O)c1)N1C(=O)/C(=C\c2ccc(F)cc2)SC1=S. The van der Waals surface area contributed by atoms with Gasteiger partial charge in [-0.1, -0.05) is 36.1 Å². The molecule has 2 aromatic rings. The van der Waals surface area contributed by atoms with Crippen LogP contribution in [0.2, 0.25) is 0 Å². The van der Waals surface area contributed by atoms with Gasteiger partial charge in [0.05, 0.1) is 4.91 Å². The molecule has 0 bridgehead atoms. The number of amides is 2. The number of thioether (sulfide) groups is 1. The molecule has 3 rings (SSSR count). The van der Waals surface area contributed by atoms with Crippen molar-refractivity contribution in [2.45, 2.75) is 13.0 Å². The molecule has 3 N–H and O–H groups in total. The highest BCUT2D eigenvalue weighted by atomic mass is 32.2. The first-order chi connectivity index (χ1) is 14.2. The molecule has 2 amide bonds. The van der Waals surface area contributed by atoms with Gasteiger partial charge < -0.3 is 15.5 Å². The third kappa shape index (κ3) is 4.50. The van der Waals surface area contributed by atoms with Gasteiger partial charge in [-0.2, -0.15) is 0 Å². The van der Waals surface area contributed by atoms with Crippen LogP contribution in [0, 0.1) is 5.82 Å². The Balaban J connectivity index is 1.75. The van der Waals surface area contributed by atoms with Crippen molar-refractivity contribution in [1.29, 1.82) is 0 Å². The maximum atomic E-state index is 13.1. The minimum atomic E-state index is -1.30. The Labute approximate surface area is 180 Å². The number of benzene rings is 2. The average molecular weight is 446 g/mol. The number of hydrogen-bond acceptors (Lipinski definition) is 6. The molecule has 1 aliphatic rings. The van der Waals surface area contributed by atoms with Gasteiger partial charge in [-0.3, -0.25) is 14.5 Å². The van der Waals surface area contributed by atoms with Crippen LogP contribution >= 0.6 is 24.0 Å². The largest absolute Gasteiger partial charge is 0.507 e. The van der Waals surface area contributed by atoms with Crippen molar-refractivity contribution in [3.63, 3.8) is 0 Å².